The number of anilines is 2. The van der Waals surface area contributed by atoms with Crippen LogP contribution >= 0.6 is 0 Å². The van der Waals surface area contributed by atoms with Crippen molar-refractivity contribution in [2.24, 2.45) is 5.92 Å². The lowest BCUT2D eigenvalue weighted by molar-refractivity contribution is -0.137. The minimum absolute atomic E-state index is 0.00836. The molecule has 2 aromatic carbocycles. The molecule has 0 saturated carbocycles. The molecule has 2 heterocycles. The van der Waals surface area contributed by atoms with E-state index in [4.69, 9.17) is 0 Å². The van der Waals surface area contributed by atoms with E-state index in [-0.39, 0.29) is 36.6 Å². The molecule has 0 aromatic heterocycles. The van der Waals surface area contributed by atoms with Gasteiger partial charge in [-0.1, -0.05) is 12.1 Å². The van der Waals surface area contributed by atoms with E-state index < -0.39 is 11.7 Å². The van der Waals surface area contributed by atoms with Crippen LogP contribution in [0.2, 0.25) is 0 Å². The second kappa shape index (κ2) is 10.7. The van der Waals surface area contributed by atoms with Gasteiger partial charge in [0.05, 0.1) is 17.9 Å². The molecule has 2 fully saturated rings. The molecular weight excluding hydrogens is 471 g/mol. The molecule has 2 aliphatic rings. The molecule has 3 amide bonds. The van der Waals surface area contributed by atoms with E-state index >= 15 is 0 Å². The molecule has 1 atom stereocenters. The molecule has 0 unspecified atom stereocenters. The average Bonchev–Trinajstić information content (AvgIpc) is 2.88. The highest BCUT2D eigenvalue weighted by molar-refractivity contribution is 5.97. The van der Waals surface area contributed by atoms with Gasteiger partial charge in [-0.25, -0.2) is 0 Å². The maximum Gasteiger partial charge on any atom is 0.416 e. The predicted molar refractivity (Wildman–Crippen MR) is 131 cm³/mol. The minimum atomic E-state index is -4.42. The Bertz CT molecular complexity index is 1100. The molecule has 2 saturated heterocycles. The Morgan fingerprint density at radius 2 is 1.67 bits per heavy atom. The average molecular weight is 502 g/mol. The van der Waals surface area contributed by atoms with E-state index in [1.165, 1.54) is 12.1 Å². The molecule has 0 N–H and O–H groups in total. The third kappa shape index (κ3) is 5.88. The Kier molecular flexibility index (Phi) is 7.66. The van der Waals surface area contributed by atoms with Crippen LogP contribution in [-0.2, 0) is 27.0 Å². The first kappa shape index (κ1) is 25.7. The summed E-state index contributed by atoms with van der Waals surface area (Å²) in [4.78, 5) is 43.2. The number of alkyl halides is 3. The standard InChI is InChI=1S/C27H30F3N3O3/c1-31(22-11-13-23(14-12-22)33-16-3-2-6-24(33)34)26(36)20-5-4-15-32(18-20)25(35)17-19-7-9-21(10-8-19)27(28,29)30/h7-14,20H,2-6,15-18H2,1H3/t20-/m1/s1. The number of rotatable bonds is 5. The summed E-state index contributed by atoms with van der Waals surface area (Å²) in [5, 5.41) is 0. The van der Waals surface area contributed by atoms with E-state index in [9.17, 15) is 27.6 Å². The smallest absolute Gasteiger partial charge is 0.342 e. The fourth-order valence-corrected chi connectivity index (χ4v) is 4.84. The van der Waals surface area contributed by atoms with Gasteiger partial charge in [-0.2, -0.15) is 13.2 Å². The van der Waals surface area contributed by atoms with Crippen molar-refractivity contribution in [3.05, 3.63) is 59.7 Å². The van der Waals surface area contributed by atoms with Gasteiger partial charge in [0, 0.05) is 44.5 Å². The SMILES string of the molecule is CN(C(=O)[C@@H]1CCCN(C(=O)Cc2ccc(C(F)(F)F)cc2)C1)c1ccc(N2CCCCC2=O)cc1. The topological polar surface area (TPSA) is 60.9 Å². The number of carbonyl (C=O) groups excluding carboxylic acids is 3. The highest BCUT2D eigenvalue weighted by atomic mass is 19.4. The number of benzene rings is 2. The molecule has 2 aliphatic heterocycles. The van der Waals surface area contributed by atoms with Gasteiger partial charge in [0.25, 0.3) is 0 Å². The Morgan fingerprint density at radius 1 is 0.972 bits per heavy atom. The maximum absolute atomic E-state index is 13.2. The van der Waals surface area contributed by atoms with Gasteiger partial charge >= 0.3 is 6.18 Å². The fourth-order valence-electron chi connectivity index (χ4n) is 4.84. The van der Waals surface area contributed by atoms with Crippen molar-refractivity contribution in [3.63, 3.8) is 0 Å². The molecule has 0 radical (unpaired) electrons. The quantitative estimate of drug-likeness (QED) is 0.599. The number of nitrogens with zero attached hydrogens (tertiary/aromatic N) is 3. The summed E-state index contributed by atoms with van der Waals surface area (Å²) in [6.45, 7) is 1.50. The zero-order chi connectivity index (χ0) is 25.9. The molecule has 192 valence electrons. The first-order valence-corrected chi connectivity index (χ1v) is 12.3. The van der Waals surface area contributed by atoms with Crippen LogP contribution in [0, 0.1) is 5.92 Å². The molecule has 0 spiro atoms. The van der Waals surface area contributed by atoms with Crippen molar-refractivity contribution in [1.29, 1.82) is 0 Å². The molecule has 36 heavy (non-hydrogen) atoms. The van der Waals surface area contributed by atoms with Crippen LogP contribution in [0.15, 0.2) is 48.5 Å². The van der Waals surface area contributed by atoms with Crippen molar-refractivity contribution in [1.82, 2.24) is 4.90 Å². The van der Waals surface area contributed by atoms with Crippen LogP contribution in [-0.4, -0.2) is 49.3 Å². The van der Waals surface area contributed by atoms with Crippen molar-refractivity contribution in [2.75, 3.05) is 36.5 Å². The third-order valence-electron chi connectivity index (χ3n) is 6.96. The summed E-state index contributed by atoms with van der Waals surface area (Å²) in [6, 6.07) is 12.0. The summed E-state index contributed by atoms with van der Waals surface area (Å²) >= 11 is 0. The Hall–Kier alpha value is -3.36. The number of halogens is 3. The molecule has 6 nitrogen and oxygen atoms in total. The highest BCUT2D eigenvalue weighted by Crippen LogP contribution is 2.30. The number of likely N-dealkylation sites (tertiary alicyclic amines) is 1. The monoisotopic (exact) mass is 501 g/mol. The Labute approximate surface area is 208 Å². The molecule has 0 bridgehead atoms. The largest absolute Gasteiger partial charge is 0.416 e. The van der Waals surface area contributed by atoms with Crippen molar-refractivity contribution in [2.45, 2.75) is 44.7 Å². The highest BCUT2D eigenvalue weighted by Gasteiger charge is 2.32. The zero-order valence-corrected chi connectivity index (χ0v) is 20.3. The van der Waals surface area contributed by atoms with E-state index in [1.54, 1.807) is 21.7 Å². The summed E-state index contributed by atoms with van der Waals surface area (Å²) in [6.07, 6.45) is -0.647. The van der Waals surface area contributed by atoms with Gasteiger partial charge in [-0.15, -0.1) is 0 Å². The molecule has 9 heteroatoms. The predicted octanol–water partition coefficient (Wildman–Crippen LogP) is 4.67. The lowest BCUT2D eigenvalue weighted by atomic mass is 9.95. The van der Waals surface area contributed by atoms with Gasteiger partial charge in [-0.3, -0.25) is 14.4 Å². The summed E-state index contributed by atoms with van der Waals surface area (Å²) in [5.74, 6) is -0.542. The molecule has 2 aromatic rings. The number of amides is 3. The minimum Gasteiger partial charge on any atom is -0.342 e. The second-order valence-corrected chi connectivity index (χ2v) is 9.47. The Morgan fingerprint density at radius 3 is 2.31 bits per heavy atom. The number of piperidine rings is 2. The van der Waals surface area contributed by atoms with Crippen LogP contribution in [0.5, 0.6) is 0 Å². The van der Waals surface area contributed by atoms with Crippen LogP contribution < -0.4 is 9.80 Å². The number of hydrogen-bond acceptors (Lipinski definition) is 3. The third-order valence-corrected chi connectivity index (χ3v) is 6.96. The second-order valence-electron chi connectivity index (χ2n) is 9.47. The number of carbonyl (C=O) groups is 3. The first-order valence-electron chi connectivity index (χ1n) is 12.3. The van der Waals surface area contributed by atoms with E-state index in [2.05, 4.69) is 0 Å². The van der Waals surface area contributed by atoms with Gasteiger partial charge in [-0.05, 0) is 67.6 Å². The lowest BCUT2D eigenvalue weighted by Crippen LogP contribution is -2.46. The fraction of sp³-hybridized carbons (Fsp3) is 0.444. The lowest BCUT2D eigenvalue weighted by Gasteiger charge is -2.34. The maximum atomic E-state index is 13.2. The van der Waals surface area contributed by atoms with E-state index in [0.717, 1.165) is 30.7 Å². The van der Waals surface area contributed by atoms with Crippen LogP contribution in [0.4, 0.5) is 24.5 Å². The van der Waals surface area contributed by atoms with Gasteiger partial charge in [0.2, 0.25) is 17.7 Å². The van der Waals surface area contributed by atoms with E-state index in [0.29, 0.717) is 43.6 Å². The molecule has 0 aliphatic carbocycles. The number of hydrogen-bond donors (Lipinski definition) is 0. The summed E-state index contributed by atoms with van der Waals surface area (Å²) < 4.78 is 38.3. The molecule has 4 rings (SSSR count). The van der Waals surface area contributed by atoms with Crippen LogP contribution in [0.3, 0.4) is 0 Å². The summed E-state index contributed by atoms with van der Waals surface area (Å²) in [5.41, 5.74) is 1.29. The van der Waals surface area contributed by atoms with Crippen molar-refractivity contribution >= 4 is 29.1 Å². The zero-order valence-electron chi connectivity index (χ0n) is 20.3. The summed E-state index contributed by atoms with van der Waals surface area (Å²) in [7, 11) is 1.70. The van der Waals surface area contributed by atoms with Gasteiger partial charge in [0.1, 0.15) is 0 Å². The van der Waals surface area contributed by atoms with Gasteiger partial charge in [0.15, 0.2) is 0 Å². The Balaban J connectivity index is 1.35. The van der Waals surface area contributed by atoms with Crippen LogP contribution in [0.1, 0.15) is 43.2 Å². The van der Waals surface area contributed by atoms with Gasteiger partial charge < -0.3 is 14.7 Å². The normalized spacial score (nSPS) is 18.8. The van der Waals surface area contributed by atoms with Crippen molar-refractivity contribution < 1.29 is 27.6 Å². The van der Waals surface area contributed by atoms with Crippen LogP contribution in [0.25, 0.3) is 0 Å². The first-order chi connectivity index (χ1) is 17.1. The van der Waals surface area contributed by atoms with Crippen molar-refractivity contribution in [3.8, 4) is 0 Å². The molecular formula is C27H30F3N3O3. The van der Waals surface area contributed by atoms with E-state index in [1.807, 2.05) is 24.3 Å².